The molecule has 18 heavy (non-hydrogen) atoms. The molecule has 1 aliphatic carbocycles. The van der Waals surface area contributed by atoms with E-state index in [1.54, 1.807) is 0 Å². The molecule has 0 N–H and O–H groups in total. The maximum Gasteiger partial charge on any atom is 0.149 e. The Morgan fingerprint density at radius 3 is 2.39 bits per heavy atom. The molecule has 0 aliphatic heterocycles. The fourth-order valence-corrected chi connectivity index (χ4v) is 3.29. The molecule has 2 nitrogen and oxygen atoms in total. The number of carbonyl (C=O) groups excluding carboxylic acids is 1. The molecule has 1 aromatic rings. The average molecular weight is 311 g/mol. The van der Waals surface area contributed by atoms with E-state index in [1.807, 2.05) is 39.0 Å². The molecule has 1 aliphatic rings. The number of ether oxygens (including phenoxy) is 1. The lowest BCUT2D eigenvalue weighted by atomic mass is 9.95. The minimum Gasteiger partial charge on any atom is -0.371 e. The van der Waals surface area contributed by atoms with Crippen LogP contribution in [-0.2, 0) is 9.53 Å². The van der Waals surface area contributed by atoms with Gasteiger partial charge in [0.2, 0.25) is 0 Å². The van der Waals surface area contributed by atoms with Gasteiger partial charge in [-0.2, -0.15) is 0 Å². The lowest BCUT2D eigenvalue weighted by Gasteiger charge is -2.29. The Bertz CT molecular complexity index is 422. The zero-order chi connectivity index (χ0) is 13.3. The molecular formula is C15H19BrO2. The fourth-order valence-electron chi connectivity index (χ4n) is 2.45. The van der Waals surface area contributed by atoms with E-state index in [0.717, 1.165) is 0 Å². The molecule has 2 rings (SSSR count). The second-order valence-electron chi connectivity index (χ2n) is 5.78. The summed E-state index contributed by atoms with van der Waals surface area (Å²) in [5.74, 6) is 0.344. The summed E-state index contributed by atoms with van der Waals surface area (Å²) in [6.45, 7) is 6.09. The summed E-state index contributed by atoms with van der Waals surface area (Å²) in [7, 11) is 0. The maximum atomic E-state index is 11.9. The Morgan fingerprint density at radius 2 is 1.83 bits per heavy atom. The smallest absolute Gasteiger partial charge is 0.149 e. The summed E-state index contributed by atoms with van der Waals surface area (Å²) < 4.78 is 6.06. The van der Waals surface area contributed by atoms with E-state index in [0.29, 0.717) is 6.42 Å². The molecule has 0 amide bonds. The third-order valence-corrected chi connectivity index (χ3v) is 4.20. The van der Waals surface area contributed by atoms with Crippen molar-refractivity contribution in [3.63, 3.8) is 0 Å². The van der Waals surface area contributed by atoms with Crippen molar-refractivity contribution < 1.29 is 9.53 Å². The largest absolute Gasteiger partial charge is 0.371 e. The standard InChI is InChI=1S/C15H19BrO2/c1-15(2,3)18-12-9-11(17)14(16)13(12)10-7-5-4-6-8-10/h4-8,12-14H,9H2,1-3H3/t12-,13+,14?/m0/s1. The Hall–Kier alpha value is -0.670. The molecule has 0 bridgehead atoms. The lowest BCUT2D eigenvalue weighted by Crippen LogP contribution is -2.30. The molecule has 0 heterocycles. The Labute approximate surface area is 117 Å². The minimum absolute atomic E-state index is 0.0377. The summed E-state index contributed by atoms with van der Waals surface area (Å²) in [5, 5.41) is 0. The topological polar surface area (TPSA) is 26.3 Å². The zero-order valence-electron chi connectivity index (χ0n) is 11.0. The van der Waals surface area contributed by atoms with Crippen LogP contribution in [0.4, 0.5) is 0 Å². The summed E-state index contributed by atoms with van der Waals surface area (Å²) in [6, 6.07) is 10.1. The first-order valence-electron chi connectivity index (χ1n) is 6.28. The first-order valence-corrected chi connectivity index (χ1v) is 7.19. The van der Waals surface area contributed by atoms with Crippen molar-refractivity contribution >= 4 is 21.7 Å². The van der Waals surface area contributed by atoms with Crippen LogP contribution in [0, 0.1) is 0 Å². The summed E-state index contributed by atoms with van der Waals surface area (Å²) in [5.41, 5.74) is 0.939. The van der Waals surface area contributed by atoms with Gasteiger partial charge in [-0.3, -0.25) is 4.79 Å². The van der Waals surface area contributed by atoms with Crippen LogP contribution in [0.5, 0.6) is 0 Å². The molecule has 1 fully saturated rings. The van der Waals surface area contributed by atoms with Gasteiger partial charge in [0.05, 0.1) is 16.5 Å². The highest BCUT2D eigenvalue weighted by atomic mass is 79.9. The van der Waals surface area contributed by atoms with Crippen LogP contribution in [0.1, 0.15) is 38.7 Å². The first kappa shape index (κ1) is 13.8. The van der Waals surface area contributed by atoms with Crippen molar-refractivity contribution in [3.05, 3.63) is 35.9 Å². The Kier molecular flexibility index (Phi) is 3.93. The normalized spacial score (nSPS) is 28.7. The van der Waals surface area contributed by atoms with Gasteiger partial charge >= 0.3 is 0 Å². The predicted octanol–water partition coefficient (Wildman–Crippen LogP) is 3.69. The molecule has 0 radical (unpaired) electrons. The highest BCUT2D eigenvalue weighted by Crippen LogP contribution is 2.40. The molecule has 0 aromatic heterocycles. The number of Topliss-reactive ketones (excluding diaryl/α,β-unsaturated/α-hetero) is 1. The molecule has 0 spiro atoms. The molecule has 98 valence electrons. The van der Waals surface area contributed by atoms with Gasteiger partial charge in [-0.25, -0.2) is 0 Å². The quantitative estimate of drug-likeness (QED) is 0.779. The third-order valence-electron chi connectivity index (χ3n) is 3.12. The van der Waals surface area contributed by atoms with Crippen molar-refractivity contribution in [1.82, 2.24) is 0 Å². The second kappa shape index (κ2) is 5.14. The predicted molar refractivity (Wildman–Crippen MR) is 76.1 cm³/mol. The molecule has 3 heteroatoms. The molecule has 1 unspecified atom stereocenters. The van der Waals surface area contributed by atoms with Crippen molar-refractivity contribution in [2.45, 2.75) is 49.6 Å². The highest BCUT2D eigenvalue weighted by Gasteiger charge is 2.43. The van der Waals surface area contributed by atoms with Crippen LogP contribution in [0.3, 0.4) is 0 Å². The molecule has 1 saturated carbocycles. The van der Waals surface area contributed by atoms with Gasteiger partial charge < -0.3 is 4.74 Å². The van der Waals surface area contributed by atoms with Crippen molar-refractivity contribution in [2.75, 3.05) is 0 Å². The van der Waals surface area contributed by atoms with Gasteiger partial charge in [-0.15, -0.1) is 0 Å². The summed E-state index contributed by atoms with van der Waals surface area (Å²) in [6.07, 6.45) is 0.455. The Morgan fingerprint density at radius 1 is 1.22 bits per heavy atom. The summed E-state index contributed by atoms with van der Waals surface area (Å²) in [4.78, 5) is 11.8. The lowest BCUT2D eigenvalue weighted by molar-refractivity contribution is -0.119. The van der Waals surface area contributed by atoms with Gasteiger partial charge in [0.15, 0.2) is 0 Å². The van der Waals surface area contributed by atoms with Crippen LogP contribution in [0.25, 0.3) is 0 Å². The minimum atomic E-state index is -0.227. The third kappa shape index (κ3) is 3.01. The van der Waals surface area contributed by atoms with Gasteiger partial charge in [0.25, 0.3) is 0 Å². The van der Waals surface area contributed by atoms with E-state index in [1.165, 1.54) is 5.56 Å². The second-order valence-corrected chi connectivity index (χ2v) is 6.76. The molecule has 1 aromatic carbocycles. The van der Waals surface area contributed by atoms with Crippen LogP contribution < -0.4 is 0 Å². The first-order chi connectivity index (χ1) is 8.38. The van der Waals surface area contributed by atoms with Gasteiger partial charge in [0.1, 0.15) is 5.78 Å². The number of rotatable bonds is 2. The van der Waals surface area contributed by atoms with E-state index in [4.69, 9.17) is 4.74 Å². The van der Waals surface area contributed by atoms with Gasteiger partial charge in [-0.05, 0) is 26.3 Å². The number of ketones is 1. The average Bonchev–Trinajstić information content (AvgIpc) is 2.53. The van der Waals surface area contributed by atoms with Crippen LogP contribution in [-0.4, -0.2) is 22.3 Å². The SMILES string of the molecule is CC(C)(C)O[C@H]1CC(=O)C(Br)[C@@H]1c1ccccc1. The number of benzene rings is 1. The number of hydrogen-bond acceptors (Lipinski definition) is 2. The van der Waals surface area contributed by atoms with Crippen LogP contribution in [0.2, 0.25) is 0 Å². The van der Waals surface area contributed by atoms with E-state index in [9.17, 15) is 4.79 Å². The van der Waals surface area contributed by atoms with E-state index >= 15 is 0 Å². The van der Waals surface area contributed by atoms with E-state index in [-0.39, 0.29) is 28.2 Å². The van der Waals surface area contributed by atoms with Gasteiger partial charge in [-0.1, -0.05) is 46.3 Å². The molecule has 3 atom stereocenters. The van der Waals surface area contributed by atoms with Crippen molar-refractivity contribution in [3.8, 4) is 0 Å². The molecule has 0 saturated heterocycles. The number of hydrogen-bond donors (Lipinski definition) is 0. The monoisotopic (exact) mass is 310 g/mol. The fraction of sp³-hybridized carbons (Fsp3) is 0.533. The molecular weight excluding hydrogens is 292 g/mol. The number of carbonyl (C=O) groups is 1. The number of alkyl halides is 1. The highest BCUT2D eigenvalue weighted by molar-refractivity contribution is 9.10. The zero-order valence-corrected chi connectivity index (χ0v) is 12.6. The van der Waals surface area contributed by atoms with Gasteiger partial charge in [0, 0.05) is 12.3 Å². The van der Waals surface area contributed by atoms with E-state index in [2.05, 4.69) is 28.1 Å². The van der Waals surface area contributed by atoms with Crippen molar-refractivity contribution in [2.24, 2.45) is 0 Å². The maximum absolute atomic E-state index is 11.9. The van der Waals surface area contributed by atoms with Crippen LogP contribution in [0.15, 0.2) is 30.3 Å². The summed E-state index contributed by atoms with van der Waals surface area (Å²) >= 11 is 3.53. The number of halogens is 1. The Balaban J connectivity index is 2.26. The van der Waals surface area contributed by atoms with Crippen molar-refractivity contribution in [1.29, 1.82) is 0 Å². The van der Waals surface area contributed by atoms with Crippen LogP contribution >= 0.6 is 15.9 Å². The van der Waals surface area contributed by atoms with E-state index < -0.39 is 0 Å².